The van der Waals surface area contributed by atoms with Gasteiger partial charge in [0.2, 0.25) is 11.8 Å². The lowest BCUT2D eigenvalue weighted by molar-refractivity contribution is -0.122. The van der Waals surface area contributed by atoms with Crippen LogP contribution in [0.2, 0.25) is 0 Å². The third kappa shape index (κ3) is 6.21. The highest BCUT2D eigenvalue weighted by atomic mass is 16.2. The van der Waals surface area contributed by atoms with Crippen molar-refractivity contribution < 1.29 is 9.59 Å². The van der Waals surface area contributed by atoms with Gasteiger partial charge in [0.25, 0.3) is 0 Å². The van der Waals surface area contributed by atoms with Crippen LogP contribution in [0.4, 0.5) is 5.69 Å². The first-order chi connectivity index (χ1) is 13.1. The van der Waals surface area contributed by atoms with Gasteiger partial charge in [0, 0.05) is 44.6 Å². The van der Waals surface area contributed by atoms with Crippen LogP contribution in [-0.4, -0.2) is 45.9 Å². The Bertz CT molecular complexity index is 742. The van der Waals surface area contributed by atoms with Crippen LogP contribution in [0.1, 0.15) is 25.3 Å². The second-order valence-electron chi connectivity index (χ2n) is 7.16. The molecule has 3 rings (SSSR count). The van der Waals surface area contributed by atoms with Crippen LogP contribution < -0.4 is 10.6 Å². The quantitative estimate of drug-likeness (QED) is 0.781. The fraction of sp³-hybridized carbons (Fsp3) is 0.450. The number of hydrogen-bond acceptors (Lipinski definition) is 4. The zero-order valence-corrected chi connectivity index (χ0v) is 15.7. The number of amides is 2. The number of aromatic nitrogens is 2. The Morgan fingerprint density at radius 2 is 2.07 bits per heavy atom. The van der Waals surface area contributed by atoms with E-state index < -0.39 is 0 Å². The number of benzene rings is 1. The molecule has 2 N–H and O–H groups in total. The predicted molar refractivity (Wildman–Crippen MR) is 104 cm³/mol. The molecule has 0 unspecified atom stereocenters. The first-order valence-electron chi connectivity index (χ1n) is 9.40. The van der Waals surface area contributed by atoms with Gasteiger partial charge in [-0.05, 0) is 43.0 Å². The standard InChI is InChI=1S/C20H27N5O2/c1-16(26)23-19-6-4-17(5-7-19)11-22-20(27)14-24-9-2-3-18(12-24)13-25-10-8-21-15-25/h4-8,10,15,18H,2-3,9,11-14H2,1H3,(H,22,27)(H,23,26)/t18-/m0/s1. The third-order valence-electron chi connectivity index (χ3n) is 4.76. The van der Waals surface area contributed by atoms with E-state index in [1.807, 2.05) is 36.8 Å². The molecule has 0 radical (unpaired) electrons. The number of nitrogens with one attached hydrogen (secondary N) is 2. The number of carbonyl (C=O) groups excluding carboxylic acids is 2. The van der Waals surface area contributed by atoms with Crippen molar-refractivity contribution >= 4 is 17.5 Å². The Labute approximate surface area is 159 Å². The lowest BCUT2D eigenvalue weighted by Gasteiger charge is -2.32. The van der Waals surface area contributed by atoms with Gasteiger partial charge < -0.3 is 15.2 Å². The van der Waals surface area contributed by atoms with E-state index in [0.717, 1.165) is 37.3 Å². The molecule has 0 bridgehead atoms. The van der Waals surface area contributed by atoms with Crippen LogP contribution >= 0.6 is 0 Å². The van der Waals surface area contributed by atoms with Crippen molar-refractivity contribution in [2.75, 3.05) is 25.0 Å². The summed E-state index contributed by atoms with van der Waals surface area (Å²) in [5.74, 6) is 0.509. The minimum Gasteiger partial charge on any atom is -0.351 e. The maximum atomic E-state index is 12.3. The summed E-state index contributed by atoms with van der Waals surface area (Å²) in [4.78, 5) is 29.7. The average molecular weight is 369 g/mol. The maximum Gasteiger partial charge on any atom is 0.234 e. The number of anilines is 1. The highest BCUT2D eigenvalue weighted by Gasteiger charge is 2.21. The summed E-state index contributed by atoms with van der Waals surface area (Å²) in [5, 5.41) is 5.72. The van der Waals surface area contributed by atoms with Crippen molar-refractivity contribution in [1.29, 1.82) is 0 Å². The summed E-state index contributed by atoms with van der Waals surface area (Å²) in [5.41, 5.74) is 1.77. The number of hydrogen-bond donors (Lipinski definition) is 2. The Kier molecular flexibility index (Phi) is 6.59. The molecular formula is C20H27N5O2. The van der Waals surface area contributed by atoms with Gasteiger partial charge in [-0.3, -0.25) is 14.5 Å². The average Bonchev–Trinajstić information content (AvgIpc) is 3.14. The first kappa shape index (κ1) is 19.1. The van der Waals surface area contributed by atoms with Gasteiger partial charge in [0.15, 0.2) is 0 Å². The number of nitrogens with zero attached hydrogens (tertiary/aromatic N) is 3. The van der Waals surface area contributed by atoms with Gasteiger partial charge in [0.05, 0.1) is 12.9 Å². The predicted octanol–water partition coefficient (Wildman–Crippen LogP) is 1.87. The highest BCUT2D eigenvalue weighted by molar-refractivity contribution is 5.88. The topological polar surface area (TPSA) is 79.3 Å². The summed E-state index contributed by atoms with van der Waals surface area (Å²) in [6, 6.07) is 7.50. The maximum absolute atomic E-state index is 12.3. The number of imidazole rings is 1. The van der Waals surface area contributed by atoms with Crippen LogP contribution in [0, 0.1) is 5.92 Å². The number of carbonyl (C=O) groups is 2. The van der Waals surface area contributed by atoms with E-state index >= 15 is 0 Å². The fourth-order valence-electron chi connectivity index (χ4n) is 3.51. The molecule has 1 aliphatic rings. The molecule has 1 fully saturated rings. The summed E-state index contributed by atoms with van der Waals surface area (Å²) in [6.07, 6.45) is 7.96. The molecule has 0 aliphatic carbocycles. The van der Waals surface area contributed by atoms with Crippen molar-refractivity contribution in [2.24, 2.45) is 5.92 Å². The molecule has 2 heterocycles. The van der Waals surface area contributed by atoms with E-state index in [9.17, 15) is 9.59 Å². The van der Waals surface area contributed by atoms with Gasteiger partial charge >= 0.3 is 0 Å². The van der Waals surface area contributed by atoms with E-state index in [-0.39, 0.29) is 11.8 Å². The van der Waals surface area contributed by atoms with Crippen molar-refractivity contribution in [3.63, 3.8) is 0 Å². The van der Waals surface area contributed by atoms with Gasteiger partial charge in [-0.25, -0.2) is 4.98 Å². The molecule has 7 nitrogen and oxygen atoms in total. The van der Waals surface area contributed by atoms with Crippen molar-refractivity contribution in [3.05, 3.63) is 48.5 Å². The van der Waals surface area contributed by atoms with Gasteiger partial charge in [-0.2, -0.15) is 0 Å². The molecule has 1 aromatic heterocycles. The van der Waals surface area contributed by atoms with Crippen LogP contribution in [0.15, 0.2) is 43.0 Å². The number of likely N-dealkylation sites (tertiary alicyclic amines) is 1. The smallest absolute Gasteiger partial charge is 0.234 e. The molecular weight excluding hydrogens is 342 g/mol. The molecule has 2 amide bonds. The summed E-state index contributed by atoms with van der Waals surface area (Å²) in [7, 11) is 0. The van der Waals surface area contributed by atoms with E-state index in [0.29, 0.717) is 19.0 Å². The van der Waals surface area contributed by atoms with Crippen LogP contribution in [-0.2, 0) is 22.7 Å². The molecule has 1 aliphatic heterocycles. The molecule has 0 spiro atoms. The Balaban J connectivity index is 1.41. The van der Waals surface area contributed by atoms with Crippen molar-refractivity contribution in [1.82, 2.24) is 19.8 Å². The van der Waals surface area contributed by atoms with Gasteiger partial charge in [-0.1, -0.05) is 12.1 Å². The SMILES string of the molecule is CC(=O)Nc1ccc(CNC(=O)CN2CCC[C@H](Cn3ccnc3)C2)cc1. The van der Waals surface area contributed by atoms with Crippen molar-refractivity contribution in [2.45, 2.75) is 32.9 Å². The van der Waals surface area contributed by atoms with E-state index in [1.54, 1.807) is 6.20 Å². The normalized spacial score (nSPS) is 17.4. The third-order valence-corrected chi connectivity index (χ3v) is 4.76. The molecule has 2 aromatic rings. The second-order valence-corrected chi connectivity index (χ2v) is 7.16. The molecule has 0 saturated carbocycles. The summed E-state index contributed by atoms with van der Waals surface area (Å²) in [6.45, 7) is 5.28. The van der Waals surface area contributed by atoms with Crippen molar-refractivity contribution in [3.8, 4) is 0 Å². The first-order valence-corrected chi connectivity index (χ1v) is 9.40. The monoisotopic (exact) mass is 369 g/mol. The lowest BCUT2D eigenvalue weighted by Crippen LogP contribution is -2.43. The number of rotatable bonds is 7. The van der Waals surface area contributed by atoms with Gasteiger partial charge in [0.1, 0.15) is 0 Å². The minimum atomic E-state index is -0.0936. The fourth-order valence-corrected chi connectivity index (χ4v) is 3.51. The molecule has 1 atom stereocenters. The second kappa shape index (κ2) is 9.32. The van der Waals surface area contributed by atoms with E-state index in [1.165, 1.54) is 13.3 Å². The zero-order chi connectivity index (χ0) is 19.1. The number of piperidine rings is 1. The molecule has 27 heavy (non-hydrogen) atoms. The molecule has 1 saturated heterocycles. The summed E-state index contributed by atoms with van der Waals surface area (Å²) >= 11 is 0. The lowest BCUT2D eigenvalue weighted by atomic mass is 9.98. The zero-order valence-electron chi connectivity index (χ0n) is 15.7. The Hall–Kier alpha value is -2.67. The van der Waals surface area contributed by atoms with Gasteiger partial charge in [-0.15, -0.1) is 0 Å². The highest BCUT2D eigenvalue weighted by Crippen LogP contribution is 2.18. The molecule has 144 valence electrons. The Morgan fingerprint density at radius 1 is 1.26 bits per heavy atom. The largest absolute Gasteiger partial charge is 0.351 e. The minimum absolute atomic E-state index is 0.0456. The Morgan fingerprint density at radius 3 is 2.78 bits per heavy atom. The summed E-state index contributed by atoms with van der Waals surface area (Å²) < 4.78 is 2.11. The van der Waals surface area contributed by atoms with Crippen LogP contribution in [0.3, 0.4) is 0 Å². The van der Waals surface area contributed by atoms with E-state index in [2.05, 4.69) is 25.1 Å². The van der Waals surface area contributed by atoms with Crippen LogP contribution in [0.25, 0.3) is 0 Å². The molecule has 7 heteroatoms. The molecule has 1 aromatic carbocycles. The van der Waals surface area contributed by atoms with E-state index in [4.69, 9.17) is 0 Å². The van der Waals surface area contributed by atoms with Crippen LogP contribution in [0.5, 0.6) is 0 Å².